The Morgan fingerprint density at radius 3 is 2.05 bits per heavy atom. The average molecular weight is 596 g/mol. The highest BCUT2D eigenvalue weighted by atomic mass is 32.2. The molecule has 40 heavy (non-hydrogen) atoms. The number of ether oxygens (including phenoxy) is 1. The lowest BCUT2D eigenvalue weighted by Crippen LogP contribution is -2.47. The van der Waals surface area contributed by atoms with Gasteiger partial charge in [0.25, 0.3) is 0 Å². The van der Waals surface area contributed by atoms with Crippen LogP contribution in [0.25, 0.3) is 11.1 Å². The normalized spacial score (nSPS) is 12.1. The fraction of sp³-hybridized carbons (Fsp3) is 0.308. The van der Waals surface area contributed by atoms with E-state index >= 15 is 0 Å². The van der Waals surface area contributed by atoms with Gasteiger partial charge in [0.1, 0.15) is 29.5 Å². The Morgan fingerprint density at radius 2 is 1.48 bits per heavy atom. The van der Waals surface area contributed by atoms with Crippen LogP contribution >= 0.6 is 23.5 Å². The number of esters is 1. The van der Waals surface area contributed by atoms with E-state index in [1.54, 1.807) is 0 Å². The van der Waals surface area contributed by atoms with Gasteiger partial charge in [0.2, 0.25) is 28.0 Å². The minimum absolute atomic E-state index is 0.00219. The van der Waals surface area contributed by atoms with Crippen molar-refractivity contribution in [2.75, 3.05) is 18.6 Å². The number of nitrogens with one attached hydrogen (secondary N) is 3. The molecule has 0 bridgehead atoms. The van der Waals surface area contributed by atoms with Crippen molar-refractivity contribution in [1.29, 1.82) is 0 Å². The number of hydrogen-bond acceptors (Lipinski definition) is 9. The van der Waals surface area contributed by atoms with Gasteiger partial charge in [-0.05, 0) is 29.8 Å². The maximum atomic E-state index is 14.4. The van der Waals surface area contributed by atoms with Crippen LogP contribution in [0.1, 0.15) is 31.1 Å². The van der Waals surface area contributed by atoms with Crippen LogP contribution in [0, 0.1) is 11.6 Å². The van der Waals surface area contributed by atoms with Crippen LogP contribution in [-0.2, 0) is 24.0 Å². The van der Waals surface area contributed by atoms with Crippen LogP contribution in [0.4, 0.5) is 8.78 Å². The summed E-state index contributed by atoms with van der Waals surface area (Å²) >= 11 is 1.32. The monoisotopic (exact) mass is 595 g/mol. The highest BCUT2D eigenvalue weighted by molar-refractivity contribution is 8.15. The molecule has 3 amide bonds. The second-order valence-corrected chi connectivity index (χ2v) is 10.3. The van der Waals surface area contributed by atoms with Gasteiger partial charge in [-0.1, -0.05) is 29.6 Å². The Labute approximate surface area is 237 Å². The number of carbonyl (C=O) groups is 6. The summed E-state index contributed by atoms with van der Waals surface area (Å²) in [5.74, 6) is -4.39. The van der Waals surface area contributed by atoms with Crippen LogP contribution in [0.2, 0.25) is 0 Å². The highest BCUT2D eigenvalue weighted by Crippen LogP contribution is 2.31. The van der Waals surface area contributed by atoms with Gasteiger partial charge in [-0.2, -0.15) is 0 Å². The van der Waals surface area contributed by atoms with E-state index in [-0.39, 0.29) is 33.9 Å². The Kier molecular flexibility index (Phi) is 12.3. The first-order valence-electron chi connectivity index (χ1n) is 11.7. The molecule has 0 saturated carbocycles. The summed E-state index contributed by atoms with van der Waals surface area (Å²) in [4.78, 5) is 72.8. The van der Waals surface area contributed by atoms with Crippen molar-refractivity contribution < 1.29 is 42.3 Å². The van der Waals surface area contributed by atoms with Crippen LogP contribution in [0.3, 0.4) is 0 Å². The van der Waals surface area contributed by atoms with Crippen molar-refractivity contribution in [2.24, 2.45) is 0 Å². The lowest BCUT2D eigenvalue weighted by molar-refractivity contribution is -0.132. The van der Waals surface area contributed by atoms with Gasteiger partial charge in [-0.25, -0.2) is 8.78 Å². The van der Waals surface area contributed by atoms with E-state index in [0.717, 1.165) is 13.0 Å². The number of carbonyl (C=O) groups excluding carboxylic acids is 6. The second kappa shape index (κ2) is 15.1. The number of hydrogen-bond donors (Lipinski definition) is 3. The quantitative estimate of drug-likeness (QED) is 0.263. The van der Waals surface area contributed by atoms with Gasteiger partial charge in [-0.15, -0.1) is 0 Å². The Balaban J connectivity index is 2.26. The van der Waals surface area contributed by atoms with Gasteiger partial charge < -0.3 is 20.7 Å². The average Bonchev–Trinajstić information content (AvgIpc) is 2.87. The molecule has 0 radical (unpaired) electrons. The number of likely N-dealkylation sites (N-methyl/N-ethyl adjacent to an activating group) is 1. The third kappa shape index (κ3) is 9.75. The Bertz CT molecular complexity index is 1320. The maximum absolute atomic E-state index is 14.4. The van der Waals surface area contributed by atoms with E-state index in [2.05, 4.69) is 16.0 Å². The van der Waals surface area contributed by atoms with Crippen LogP contribution < -0.4 is 20.7 Å². The standard InChI is InChI=1S/C26H27F2N3O7S2/c1-13(32)30-21(24(35)29-4)11-40-26(37)22(31-14(2)33)12-39-25(36)19-9-16(5-8-23(19)38-15(3)34)18-7-6-17(27)10-20(18)28/h5-10,21-22H,11-12H2,1-4H3,(H,29,35)(H,30,32)(H,31,33). The second-order valence-electron chi connectivity index (χ2n) is 8.28. The minimum Gasteiger partial charge on any atom is -0.426 e. The molecule has 0 aliphatic heterocycles. The predicted molar refractivity (Wildman–Crippen MR) is 147 cm³/mol. The minimum atomic E-state index is -1.16. The fourth-order valence-electron chi connectivity index (χ4n) is 3.34. The highest BCUT2D eigenvalue weighted by Gasteiger charge is 2.27. The first-order valence-corrected chi connectivity index (χ1v) is 13.7. The summed E-state index contributed by atoms with van der Waals surface area (Å²) in [7, 11) is 1.37. The molecule has 214 valence electrons. The van der Waals surface area contributed by atoms with Crippen molar-refractivity contribution >= 4 is 57.4 Å². The summed E-state index contributed by atoms with van der Waals surface area (Å²) in [5.41, 5.74) is 0.0939. The van der Waals surface area contributed by atoms with Crippen molar-refractivity contribution in [1.82, 2.24) is 16.0 Å². The molecule has 0 aliphatic rings. The number of amides is 3. The summed E-state index contributed by atoms with van der Waals surface area (Å²) < 4.78 is 32.9. The molecule has 2 unspecified atom stereocenters. The third-order valence-electron chi connectivity index (χ3n) is 5.07. The Morgan fingerprint density at radius 1 is 0.850 bits per heavy atom. The topological polar surface area (TPSA) is 148 Å². The molecule has 2 atom stereocenters. The fourth-order valence-corrected chi connectivity index (χ4v) is 5.23. The van der Waals surface area contributed by atoms with Crippen LogP contribution in [-0.4, -0.2) is 64.6 Å². The van der Waals surface area contributed by atoms with Gasteiger partial charge in [-0.3, -0.25) is 28.8 Å². The molecule has 2 rings (SSSR count). The summed E-state index contributed by atoms with van der Waals surface area (Å²) in [6, 6.07) is 4.73. The smallest absolute Gasteiger partial charge is 0.308 e. The number of thioether (sulfide) groups is 2. The lowest BCUT2D eigenvalue weighted by Gasteiger charge is -2.19. The molecule has 3 N–H and O–H groups in total. The van der Waals surface area contributed by atoms with E-state index in [4.69, 9.17) is 4.74 Å². The van der Waals surface area contributed by atoms with Crippen LogP contribution in [0.15, 0.2) is 36.4 Å². The van der Waals surface area contributed by atoms with E-state index in [1.165, 1.54) is 45.2 Å². The zero-order valence-electron chi connectivity index (χ0n) is 22.0. The van der Waals surface area contributed by atoms with Crippen molar-refractivity contribution in [3.8, 4) is 16.9 Å². The summed E-state index contributed by atoms with van der Waals surface area (Å²) in [6.07, 6.45) is 0. The van der Waals surface area contributed by atoms with Gasteiger partial charge in [0.15, 0.2) is 0 Å². The number of benzene rings is 2. The largest absolute Gasteiger partial charge is 0.426 e. The molecule has 14 heteroatoms. The first-order chi connectivity index (χ1) is 18.8. The molecule has 0 spiro atoms. The van der Waals surface area contributed by atoms with E-state index in [0.29, 0.717) is 29.6 Å². The van der Waals surface area contributed by atoms with E-state index in [1.807, 2.05) is 0 Å². The van der Waals surface area contributed by atoms with Crippen molar-refractivity contribution in [2.45, 2.75) is 32.9 Å². The van der Waals surface area contributed by atoms with Crippen LogP contribution in [0.5, 0.6) is 5.75 Å². The summed E-state index contributed by atoms with van der Waals surface area (Å²) in [6.45, 7) is 3.53. The van der Waals surface area contributed by atoms with E-state index < -0.39 is 57.6 Å². The number of halogens is 2. The molecule has 2 aromatic carbocycles. The molecule has 0 fully saturated rings. The SMILES string of the molecule is CNC(=O)C(CSC(=O)C(CSC(=O)c1cc(-c2ccc(F)cc2F)ccc1OC(C)=O)NC(C)=O)NC(C)=O. The molecular weight excluding hydrogens is 568 g/mol. The zero-order valence-corrected chi connectivity index (χ0v) is 23.6. The third-order valence-corrected chi connectivity index (χ3v) is 7.12. The Hall–Kier alpha value is -3.78. The molecule has 0 aliphatic carbocycles. The predicted octanol–water partition coefficient (Wildman–Crippen LogP) is 2.45. The molecular formula is C26H27F2N3O7S2. The molecule has 10 nitrogen and oxygen atoms in total. The van der Waals surface area contributed by atoms with E-state index in [9.17, 15) is 37.5 Å². The number of rotatable bonds is 11. The molecule has 0 saturated heterocycles. The lowest BCUT2D eigenvalue weighted by atomic mass is 10.0. The van der Waals surface area contributed by atoms with Gasteiger partial charge in [0.05, 0.1) is 5.56 Å². The first kappa shape index (κ1) is 32.4. The van der Waals surface area contributed by atoms with Gasteiger partial charge in [0, 0.05) is 51.0 Å². The molecule has 0 aromatic heterocycles. The van der Waals surface area contributed by atoms with Gasteiger partial charge >= 0.3 is 5.97 Å². The van der Waals surface area contributed by atoms with Crippen molar-refractivity contribution in [3.63, 3.8) is 0 Å². The van der Waals surface area contributed by atoms with Crippen molar-refractivity contribution in [3.05, 3.63) is 53.6 Å². The molecule has 2 aromatic rings. The maximum Gasteiger partial charge on any atom is 0.308 e. The molecule has 0 heterocycles. The summed E-state index contributed by atoms with van der Waals surface area (Å²) in [5, 5.41) is 6.03. The zero-order chi connectivity index (χ0) is 30.0.